The summed E-state index contributed by atoms with van der Waals surface area (Å²) in [6.45, 7) is 1.68. The Morgan fingerprint density at radius 3 is 2.64 bits per heavy atom. The van der Waals surface area contributed by atoms with Crippen molar-refractivity contribution < 1.29 is 18.3 Å². The Balaban J connectivity index is 2.16. The van der Waals surface area contributed by atoms with E-state index in [0.717, 1.165) is 13.0 Å². The van der Waals surface area contributed by atoms with E-state index in [2.05, 4.69) is 0 Å². The van der Waals surface area contributed by atoms with Gasteiger partial charge in [-0.05, 0) is 25.3 Å². The maximum absolute atomic E-state index is 11.9. The van der Waals surface area contributed by atoms with Crippen LogP contribution in [0.1, 0.15) is 19.3 Å². The van der Waals surface area contributed by atoms with Gasteiger partial charge in [0.2, 0.25) is 0 Å². The molecule has 1 N–H and O–H groups in total. The van der Waals surface area contributed by atoms with Gasteiger partial charge in [0.25, 0.3) is 0 Å². The summed E-state index contributed by atoms with van der Waals surface area (Å²) in [6.07, 6.45) is -3.14. The van der Waals surface area contributed by atoms with Crippen molar-refractivity contribution in [3.05, 3.63) is 0 Å². The average molecular weight is 211 g/mol. The van der Waals surface area contributed by atoms with Crippen LogP contribution in [0.25, 0.3) is 0 Å². The van der Waals surface area contributed by atoms with E-state index in [0.29, 0.717) is 18.9 Å². The summed E-state index contributed by atoms with van der Waals surface area (Å²) in [5.74, 6) is 0.383. The molecule has 0 aromatic rings. The van der Waals surface area contributed by atoms with Gasteiger partial charge in [0, 0.05) is 19.7 Å². The van der Waals surface area contributed by atoms with Crippen molar-refractivity contribution in [2.75, 3.05) is 26.2 Å². The van der Waals surface area contributed by atoms with E-state index in [9.17, 15) is 13.2 Å². The number of hydrogen-bond donors (Lipinski definition) is 1. The van der Waals surface area contributed by atoms with Crippen molar-refractivity contribution in [3.63, 3.8) is 0 Å². The van der Waals surface area contributed by atoms with Gasteiger partial charge in [-0.15, -0.1) is 0 Å². The Morgan fingerprint density at radius 1 is 1.36 bits per heavy atom. The first-order chi connectivity index (χ1) is 6.51. The van der Waals surface area contributed by atoms with E-state index < -0.39 is 12.6 Å². The quantitative estimate of drug-likeness (QED) is 0.764. The lowest BCUT2D eigenvalue weighted by atomic mass is 10.1. The molecule has 0 aromatic carbocycles. The number of nitrogens with zero attached hydrogens (tertiary/aromatic N) is 1. The molecule has 1 rings (SSSR count). The first-order valence-corrected chi connectivity index (χ1v) is 4.91. The van der Waals surface area contributed by atoms with Gasteiger partial charge < -0.3 is 10.0 Å². The minimum atomic E-state index is -4.05. The molecular formula is C9H16F3NO. The lowest BCUT2D eigenvalue weighted by Crippen LogP contribution is -2.26. The highest BCUT2D eigenvalue weighted by molar-refractivity contribution is 4.75. The fraction of sp³-hybridized carbons (Fsp3) is 1.00. The van der Waals surface area contributed by atoms with Gasteiger partial charge in [-0.3, -0.25) is 0 Å². The Kier molecular flexibility index (Phi) is 4.19. The van der Waals surface area contributed by atoms with Crippen molar-refractivity contribution >= 4 is 0 Å². The molecule has 1 saturated heterocycles. The highest BCUT2D eigenvalue weighted by atomic mass is 19.4. The van der Waals surface area contributed by atoms with Crippen LogP contribution in [0.5, 0.6) is 0 Å². The molecule has 84 valence electrons. The van der Waals surface area contributed by atoms with Crippen LogP contribution in [-0.4, -0.2) is 42.4 Å². The smallest absolute Gasteiger partial charge is 0.390 e. The Bertz CT molecular complexity index is 172. The number of likely N-dealkylation sites (tertiary alicyclic amines) is 1. The Hall–Kier alpha value is -0.290. The molecule has 0 aromatic heterocycles. The van der Waals surface area contributed by atoms with E-state index in [4.69, 9.17) is 5.11 Å². The third kappa shape index (κ3) is 4.28. The summed E-state index contributed by atoms with van der Waals surface area (Å²) in [6, 6.07) is 0. The third-order valence-corrected chi connectivity index (χ3v) is 2.62. The summed E-state index contributed by atoms with van der Waals surface area (Å²) in [7, 11) is 0. The zero-order valence-corrected chi connectivity index (χ0v) is 8.06. The molecule has 1 fully saturated rings. The number of aliphatic hydroxyl groups is 1. The summed E-state index contributed by atoms with van der Waals surface area (Å²) < 4.78 is 35.7. The number of aliphatic hydroxyl groups excluding tert-OH is 1. The van der Waals surface area contributed by atoms with Gasteiger partial charge in [-0.25, -0.2) is 0 Å². The second kappa shape index (κ2) is 4.98. The topological polar surface area (TPSA) is 23.5 Å². The number of alkyl halides is 3. The first-order valence-electron chi connectivity index (χ1n) is 4.91. The molecule has 2 nitrogen and oxygen atoms in total. The molecule has 0 radical (unpaired) electrons. The van der Waals surface area contributed by atoms with Crippen molar-refractivity contribution in [2.24, 2.45) is 5.92 Å². The molecule has 0 amide bonds. The van der Waals surface area contributed by atoms with Crippen LogP contribution in [0.3, 0.4) is 0 Å². The molecule has 1 atom stereocenters. The molecule has 1 heterocycles. The van der Waals surface area contributed by atoms with Crippen molar-refractivity contribution in [1.29, 1.82) is 0 Å². The van der Waals surface area contributed by atoms with Crippen molar-refractivity contribution in [3.8, 4) is 0 Å². The molecule has 14 heavy (non-hydrogen) atoms. The highest BCUT2D eigenvalue weighted by Crippen LogP contribution is 2.23. The molecule has 0 bridgehead atoms. The fourth-order valence-electron chi connectivity index (χ4n) is 1.82. The standard InChI is InChI=1S/C9H16F3NO/c10-9(11,12)3-5-13-4-1-8(7-13)2-6-14/h8,14H,1-7H2. The van der Waals surface area contributed by atoms with E-state index >= 15 is 0 Å². The average Bonchev–Trinajstić information content (AvgIpc) is 2.49. The van der Waals surface area contributed by atoms with E-state index in [-0.39, 0.29) is 13.2 Å². The lowest BCUT2D eigenvalue weighted by molar-refractivity contribution is -0.137. The van der Waals surface area contributed by atoms with E-state index in [1.165, 1.54) is 0 Å². The fourth-order valence-corrected chi connectivity index (χ4v) is 1.82. The number of hydrogen-bond acceptors (Lipinski definition) is 2. The summed E-state index contributed by atoms with van der Waals surface area (Å²) in [5.41, 5.74) is 0. The van der Waals surface area contributed by atoms with Crippen LogP contribution in [0, 0.1) is 5.92 Å². The Morgan fingerprint density at radius 2 is 2.07 bits per heavy atom. The Labute approximate surface area is 81.7 Å². The van der Waals surface area contributed by atoms with Crippen LogP contribution in [0.2, 0.25) is 0 Å². The predicted molar refractivity (Wildman–Crippen MR) is 46.9 cm³/mol. The molecule has 0 saturated carbocycles. The van der Waals surface area contributed by atoms with Gasteiger partial charge in [0.1, 0.15) is 0 Å². The predicted octanol–water partition coefficient (Wildman–Crippen LogP) is 1.64. The van der Waals surface area contributed by atoms with Crippen molar-refractivity contribution in [2.45, 2.75) is 25.4 Å². The largest absolute Gasteiger partial charge is 0.396 e. The SMILES string of the molecule is OCCC1CCN(CCC(F)(F)F)C1. The van der Waals surface area contributed by atoms with Gasteiger partial charge >= 0.3 is 6.18 Å². The first kappa shape index (κ1) is 11.8. The molecule has 0 spiro atoms. The normalized spacial score (nSPS) is 24.4. The second-order valence-corrected chi connectivity index (χ2v) is 3.83. The zero-order valence-electron chi connectivity index (χ0n) is 8.06. The van der Waals surface area contributed by atoms with Crippen LogP contribution in [-0.2, 0) is 0 Å². The van der Waals surface area contributed by atoms with E-state index in [1.54, 1.807) is 0 Å². The third-order valence-electron chi connectivity index (χ3n) is 2.62. The molecule has 1 aliphatic rings. The van der Waals surface area contributed by atoms with E-state index in [1.807, 2.05) is 4.90 Å². The van der Waals surface area contributed by atoms with Crippen LogP contribution in [0.4, 0.5) is 13.2 Å². The van der Waals surface area contributed by atoms with Gasteiger partial charge in [-0.2, -0.15) is 13.2 Å². The number of rotatable bonds is 4. The summed E-state index contributed by atoms with van der Waals surface area (Å²) in [5, 5.41) is 8.67. The zero-order chi connectivity index (χ0) is 10.6. The highest BCUT2D eigenvalue weighted by Gasteiger charge is 2.30. The van der Waals surface area contributed by atoms with Crippen LogP contribution < -0.4 is 0 Å². The number of halogens is 3. The molecule has 5 heteroatoms. The molecular weight excluding hydrogens is 195 g/mol. The maximum Gasteiger partial charge on any atom is 0.390 e. The molecule has 1 unspecified atom stereocenters. The summed E-state index contributed by atoms with van der Waals surface area (Å²) >= 11 is 0. The van der Waals surface area contributed by atoms with Crippen molar-refractivity contribution in [1.82, 2.24) is 4.90 Å². The molecule has 1 aliphatic heterocycles. The maximum atomic E-state index is 11.9. The minimum Gasteiger partial charge on any atom is -0.396 e. The second-order valence-electron chi connectivity index (χ2n) is 3.83. The van der Waals surface area contributed by atoms with Crippen LogP contribution in [0.15, 0.2) is 0 Å². The van der Waals surface area contributed by atoms with Gasteiger partial charge in [0.15, 0.2) is 0 Å². The van der Waals surface area contributed by atoms with Gasteiger partial charge in [-0.1, -0.05) is 0 Å². The monoisotopic (exact) mass is 211 g/mol. The van der Waals surface area contributed by atoms with Crippen LogP contribution >= 0.6 is 0 Å². The molecule has 0 aliphatic carbocycles. The van der Waals surface area contributed by atoms with Gasteiger partial charge in [0.05, 0.1) is 6.42 Å². The summed E-state index contributed by atoms with van der Waals surface area (Å²) in [4.78, 5) is 1.83. The lowest BCUT2D eigenvalue weighted by Gasteiger charge is -2.16. The minimum absolute atomic E-state index is 0.103.